The predicted octanol–water partition coefficient (Wildman–Crippen LogP) is 0.186. The molecule has 3 fully saturated rings. The van der Waals surface area contributed by atoms with Gasteiger partial charge < -0.3 is 15.6 Å². The molecule has 1 saturated carbocycles. The molecule has 1 aromatic heterocycles. The van der Waals surface area contributed by atoms with Gasteiger partial charge in [-0.25, -0.2) is 0 Å². The van der Waals surface area contributed by atoms with Gasteiger partial charge in [-0.15, -0.1) is 0 Å². The van der Waals surface area contributed by atoms with Crippen LogP contribution in [-0.2, 0) is 0 Å². The van der Waals surface area contributed by atoms with E-state index >= 15 is 0 Å². The molecule has 3 heterocycles. The van der Waals surface area contributed by atoms with E-state index < -0.39 is 0 Å². The molecular formula is C10H13N3O. The molecule has 0 radical (unpaired) electrons. The average molecular weight is 191 g/mol. The van der Waals surface area contributed by atoms with E-state index in [0.717, 1.165) is 13.0 Å². The third kappa shape index (κ3) is 0.889. The minimum atomic E-state index is 0.0930. The molecular weight excluding hydrogens is 178 g/mol. The van der Waals surface area contributed by atoms with Crippen molar-refractivity contribution in [2.75, 3.05) is 6.54 Å². The first-order valence-corrected chi connectivity index (χ1v) is 4.97. The second-order valence-electron chi connectivity index (χ2n) is 4.18. The number of aromatic amines is 1. The lowest BCUT2D eigenvalue weighted by Gasteiger charge is -2.33. The van der Waals surface area contributed by atoms with Crippen LogP contribution in [0.25, 0.3) is 0 Å². The first kappa shape index (κ1) is 8.05. The number of nitrogens with one attached hydrogen (secondary N) is 1. The Morgan fingerprint density at radius 2 is 2.50 bits per heavy atom. The highest BCUT2D eigenvalue weighted by atomic mass is 16.2. The third-order valence-electron chi connectivity index (χ3n) is 3.45. The minimum absolute atomic E-state index is 0.0930. The van der Waals surface area contributed by atoms with Crippen LogP contribution in [0.2, 0.25) is 0 Å². The van der Waals surface area contributed by atoms with Crippen molar-refractivity contribution in [3.8, 4) is 0 Å². The molecule has 3 aliphatic rings. The van der Waals surface area contributed by atoms with Gasteiger partial charge in [0.2, 0.25) is 0 Å². The molecule has 0 aromatic carbocycles. The molecule has 74 valence electrons. The Labute approximate surface area is 82.1 Å². The van der Waals surface area contributed by atoms with Crippen molar-refractivity contribution in [1.82, 2.24) is 9.88 Å². The molecule has 1 aromatic rings. The highest BCUT2D eigenvalue weighted by molar-refractivity contribution is 5.93. The molecule has 1 aliphatic carbocycles. The lowest BCUT2D eigenvalue weighted by atomic mass is 9.81. The number of nitrogens with zero attached hydrogens (tertiary/aromatic N) is 1. The van der Waals surface area contributed by atoms with Crippen molar-refractivity contribution in [2.24, 2.45) is 11.7 Å². The van der Waals surface area contributed by atoms with Gasteiger partial charge in [0.15, 0.2) is 0 Å². The Kier molecular flexibility index (Phi) is 1.50. The molecule has 0 spiro atoms. The quantitative estimate of drug-likeness (QED) is 0.665. The first-order chi connectivity index (χ1) is 6.77. The zero-order chi connectivity index (χ0) is 9.71. The van der Waals surface area contributed by atoms with Crippen LogP contribution in [0.4, 0.5) is 0 Å². The normalized spacial score (nSPS) is 34.4. The zero-order valence-corrected chi connectivity index (χ0v) is 7.81. The maximum absolute atomic E-state index is 11.9. The number of rotatable bonds is 1. The van der Waals surface area contributed by atoms with E-state index in [2.05, 4.69) is 4.98 Å². The van der Waals surface area contributed by atoms with Gasteiger partial charge in [0, 0.05) is 24.8 Å². The number of hydrogen-bond acceptors (Lipinski definition) is 2. The van der Waals surface area contributed by atoms with Crippen LogP contribution >= 0.6 is 0 Å². The monoisotopic (exact) mass is 191 g/mol. The van der Waals surface area contributed by atoms with E-state index in [-0.39, 0.29) is 18.0 Å². The zero-order valence-electron chi connectivity index (χ0n) is 7.81. The number of H-pyrrole nitrogens is 1. The predicted molar refractivity (Wildman–Crippen MR) is 51.7 cm³/mol. The largest absolute Gasteiger partial charge is 0.357 e. The molecule has 1 amide bonds. The number of nitrogens with two attached hydrogens (primary N) is 1. The second-order valence-corrected chi connectivity index (χ2v) is 4.18. The molecule has 2 aliphatic heterocycles. The highest BCUT2D eigenvalue weighted by Crippen LogP contribution is 2.40. The van der Waals surface area contributed by atoms with E-state index in [1.54, 1.807) is 6.20 Å². The number of fused-ring (bicyclic) bond motifs is 1. The van der Waals surface area contributed by atoms with Crippen LogP contribution in [0.5, 0.6) is 0 Å². The summed E-state index contributed by atoms with van der Waals surface area (Å²) >= 11 is 0. The maximum Gasteiger partial charge on any atom is 0.270 e. The van der Waals surface area contributed by atoms with Crippen molar-refractivity contribution < 1.29 is 4.79 Å². The first-order valence-electron chi connectivity index (χ1n) is 4.97. The van der Waals surface area contributed by atoms with Gasteiger partial charge in [0.05, 0.1) is 0 Å². The molecule has 4 nitrogen and oxygen atoms in total. The molecule has 4 heteroatoms. The maximum atomic E-state index is 11.9. The summed E-state index contributed by atoms with van der Waals surface area (Å²) < 4.78 is 0. The van der Waals surface area contributed by atoms with E-state index in [1.165, 1.54) is 0 Å². The fraction of sp³-hybridized carbons (Fsp3) is 0.500. The summed E-state index contributed by atoms with van der Waals surface area (Å²) in [6.45, 7) is 0.837. The summed E-state index contributed by atoms with van der Waals surface area (Å²) in [4.78, 5) is 16.8. The van der Waals surface area contributed by atoms with Gasteiger partial charge in [-0.1, -0.05) is 0 Å². The van der Waals surface area contributed by atoms with Crippen molar-refractivity contribution in [2.45, 2.75) is 18.5 Å². The average Bonchev–Trinajstić information content (AvgIpc) is 2.89. The molecule has 2 saturated heterocycles. The third-order valence-corrected chi connectivity index (χ3v) is 3.45. The van der Waals surface area contributed by atoms with Crippen LogP contribution < -0.4 is 5.73 Å². The number of carbonyl (C=O) groups excluding carboxylic acids is 1. The van der Waals surface area contributed by atoms with Gasteiger partial charge in [-0.3, -0.25) is 4.79 Å². The number of amides is 1. The van der Waals surface area contributed by atoms with Crippen LogP contribution in [0, 0.1) is 5.92 Å². The lowest BCUT2D eigenvalue weighted by Crippen LogP contribution is -2.50. The summed E-state index contributed by atoms with van der Waals surface area (Å²) in [7, 11) is 0. The Bertz CT molecular complexity index is 359. The van der Waals surface area contributed by atoms with Gasteiger partial charge in [0.1, 0.15) is 5.69 Å². The Morgan fingerprint density at radius 3 is 3.00 bits per heavy atom. The fourth-order valence-corrected chi connectivity index (χ4v) is 2.51. The Morgan fingerprint density at radius 1 is 1.64 bits per heavy atom. The van der Waals surface area contributed by atoms with Crippen LogP contribution in [0.3, 0.4) is 0 Å². The smallest absolute Gasteiger partial charge is 0.270 e. The topological polar surface area (TPSA) is 62.1 Å². The van der Waals surface area contributed by atoms with Crippen LogP contribution in [0.1, 0.15) is 16.9 Å². The summed E-state index contributed by atoms with van der Waals surface area (Å²) in [6.07, 6.45) is 2.86. The molecule has 2 bridgehead atoms. The summed E-state index contributed by atoms with van der Waals surface area (Å²) in [6, 6.07) is 4.15. The number of carbonyl (C=O) groups is 1. The fourth-order valence-electron chi connectivity index (χ4n) is 2.51. The van der Waals surface area contributed by atoms with Crippen LogP contribution in [0.15, 0.2) is 18.3 Å². The van der Waals surface area contributed by atoms with Crippen molar-refractivity contribution >= 4 is 5.91 Å². The highest BCUT2D eigenvalue weighted by Gasteiger charge is 2.51. The summed E-state index contributed by atoms with van der Waals surface area (Å²) in [5.41, 5.74) is 6.58. The molecule has 14 heavy (non-hydrogen) atoms. The van der Waals surface area contributed by atoms with Crippen molar-refractivity contribution in [3.05, 3.63) is 24.0 Å². The standard InChI is InChI=1S/C10H13N3O/c11-9-6-4-8(9)13(5-6)10(14)7-2-1-3-12-7/h1-3,6,8-9,12H,4-5,11H2. The van der Waals surface area contributed by atoms with Gasteiger partial charge in [-0.2, -0.15) is 0 Å². The van der Waals surface area contributed by atoms with Crippen molar-refractivity contribution in [1.29, 1.82) is 0 Å². The minimum Gasteiger partial charge on any atom is -0.357 e. The molecule has 3 unspecified atom stereocenters. The van der Waals surface area contributed by atoms with Crippen molar-refractivity contribution in [3.63, 3.8) is 0 Å². The molecule has 3 atom stereocenters. The lowest BCUT2D eigenvalue weighted by molar-refractivity contribution is 0.0733. The van der Waals surface area contributed by atoms with Gasteiger partial charge in [-0.05, 0) is 24.5 Å². The SMILES string of the molecule is NC1C2CC1N(C(=O)c1ccc[nH]1)C2. The van der Waals surface area contributed by atoms with Gasteiger partial charge >= 0.3 is 0 Å². The van der Waals surface area contributed by atoms with E-state index in [9.17, 15) is 4.79 Å². The molecule has 3 N–H and O–H groups in total. The number of aromatic nitrogens is 1. The summed E-state index contributed by atoms with van der Waals surface area (Å²) in [5, 5.41) is 0. The van der Waals surface area contributed by atoms with E-state index in [0.29, 0.717) is 11.6 Å². The van der Waals surface area contributed by atoms with E-state index in [1.807, 2.05) is 17.0 Å². The molecule has 4 rings (SSSR count). The Hall–Kier alpha value is -1.29. The Balaban J connectivity index is 1.82. The summed E-state index contributed by atoms with van der Waals surface area (Å²) in [5.74, 6) is 0.634. The second kappa shape index (κ2) is 2.60. The number of hydrogen-bond donors (Lipinski definition) is 2. The van der Waals surface area contributed by atoms with E-state index in [4.69, 9.17) is 5.73 Å². The van der Waals surface area contributed by atoms with Gasteiger partial charge in [0.25, 0.3) is 5.91 Å². The van der Waals surface area contributed by atoms with Crippen LogP contribution in [-0.4, -0.2) is 34.4 Å².